The molecule has 0 atom stereocenters. The first-order valence-corrected chi connectivity index (χ1v) is 6.42. The Bertz CT molecular complexity index is 546. The number of nitrogens with one attached hydrogen (secondary N) is 1. The minimum Gasteiger partial charge on any atom is -0.319 e. The second kappa shape index (κ2) is 6.02. The Balaban J connectivity index is 2.35. The van der Waals surface area contributed by atoms with Crippen molar-refractivity contribution in [2.24, 2.45) is 0 Å². The Morgan fingerprint density at radius 3 is 2.94 bits per heavy atom. The average molecular weight is 310 g/mol. The molecular formula is C13H13BrFN3. The molecule has 0 aliphatic carbocycles. The Morgan fingerprint density at radius 2 is 2.17 bits per heavy atom. The van der Waals surface area contributed by atoms with Crippen LogP contribution < -0.4 is 5.32 Å². The maximum Gasteiger partial charge on any atom is 0.132 e. The highest BCUT2D eigenvalue weighted by atomic mass is 79.9. The molecule has 0 fully saturated rings. The van der Waals surface area contributed by atoms with E-state index in [0.29, 0.717) is 17.1 Å². The van der Waals surface area contributed by atoms with Gasteiger partial charge in [0.15, 0.2) is 0 Å². The summed E-state index contributed by atoms with van der Waals surface area (Å²) in [5.74, 6) is 0.428. The van der Waals surface area contributed by atoms with Crippen LogP contribution in [0.3, 0.4) is 0 Å². The second-order valence-electron chi connectivity index (χ2n) is 3.84. The molecule has 1 heterocycles. The van der Waals surface area contributed by atoms with Gasteiger partial charge in [-0.25, -0.2) is 14.4 Å². The fourth-order valence-electron chi connectivity index (χ4n) is 1.60. The van der Waals surface area contributed by atoms with Crippen molar-refractivity contribution >= 4 is 15.9 Å². The molecule has 0 bridgehead atoms. The minimum absolute atomic E-state index is 0.281. The molecule has 0 spiro atoms. The van der Waals surface area contributed by atoms with Gasteiger partial charge in [-0.05, 0) is 31.3 Å². The summed E-state index contributed by atoms with van der Waals surface area (Å²) in [4.78, 5) is 8.54. The van der Waals surface area contributed by atoms with Crippen molar-refractivity contribution in [3.63, 3.8) is 0 Å². The van der Waals surface area contributed by atoms with Crippen molar-refractivity contribution in [1.82, 2.24) is 15.3 Å². The lowest BCUT2D eigenvalue weighted by Gasteiger charge is -2.05. The van der Waals surface area contributed by atoms with E-state index in [0.717, 1.165) is 17.4 Å². The smallest absolute Gasteiger partial charge is 0.132 e. The molecule has 5 heteroatoms. The van der Waals surface area contributed by atoms with Gasteiger partial charge in [0.25, 0.3) is 0 Å². The van der Waals surface area contributed by atoms with E-state index in [1.165, 1.54) is 6.07 Å². The van der Waals surface area contributed by atoms with E-state index in [4.69, 9.17) is 0 Å². The number of rotatable bonds is 4. The van der Waals surface area contributed by atoms with Gasteiger partial charge in [-0.2, -0.15) is 0 Å². The summed E-state index contributed by atoms with van der Waals surface area (Å²) in [6, 6.07) is 6.53. The Hall–Kier alpha value is -1.33. The molecule has 94 valence electrons. The van der Waals surface area contributed by atoms with Crippen LogP contribution in [0.25, 0.3) is 11.3 Å². The van der Waals surface area contributed by atoms with E-state index < -0.39 is 0 Å². The van der Waals surface area contributed by atoms with Gasteiger partial charge in [-0.15, -0.1) is 0 Å². The van der Waals surface area contributed by atoms with Crippen molar-refractivity contribution < 1.29 is 4.39 Å². The topological polar surface area (TPSA) is 37.8 Å². The highest BCUT2D eigenvalue weighted by Crippen LogP contribution is 2.24. The summed E-state index contributed by atoms with van der Waals surface area (Å²) in [7, 11) is 1.87. The number of benzene rings is 1. The lowest BCUT2D eigenvalue weighted by molar-refractivity contribution is 0.630. The molecule has 2 aromatic rings. The lowest BCUT2D eigenvalue weighted by atomic mass is 10.1. The molecule has 2 rings (SSSR count). The summed E-state index contributed by atoms with van der Waals surface area (Å²) in [6.07, 6.45) is 2.38. The first kappa shape index (κ1) is 13.1. The molecule has 0 saturated heterocycles. The molecule has 18 heavy (non-hydrogen) atoms. The molecule has 1 N–H and O–H groups in total. The minimum atomic E-state index is -0.281. The zero-order valence-corrected chi connectivity index (χ0v) is 11.5. The molecule has 0 radical (unpaired) electrons. The monoisotopic (exact) mass is 309 g/mol. The summed E-state index contributed by atoms with van der Waals surface area (Å²) in [5, 5.41) is 3.03. The fourth-order valence-corrected chi connectivity index (χ4v) is 1.96. The van der Waals surface area contributed by atoms with Crippen LogP contribution in [0, 0.1) is 5.82 Å². The number of nitrogens with zero attached hydrogens (tertiary/aromatic N) is 2. The van der Waals surface area contributed by atoms with E-state index in [1.54, 1.807) is 24.4 Å². The Morgan fingerprint density at radius 1 is 1.33 bits per heavy atom. The van der Waals surface area contributed by atoms with Crippen molar-refractivity contribution in [3.8, 4) is 11.3 Å². The van der Waals surface area contributed by atoms with Crippen molar-refractivity contribution in [1.29, 1.82) is 0 Å². The summed E-state index contributed by atoms with van der Waals surface area (Å²) >= 11 is 3.33. The van der Waals surface area contributed by atoms with Crippen molar-refractivity contribution in [2.75, 3.05) is 13.6 Å². The van der Waals surface area contributed by atoms with Gasteiger partial charge in [0.05, 0.1) is 5.69 Å². The van der Waals surface area contributed by atoms with Gasteiger partial charge in [0, 0.05) is 29.2 Å². The largest absolute Gasteiger partial charge is 0.319 e. The van der Waals surface area contributed by atoms with Crippen LogP contribution in [0.5, 0.6) is 0 Å². The number of likely N-dealkylation sites (N-methyl/N-ethyl adjacent to an activating group) is 1. The van der Waals surface area contributed by atoms with Gasteiger partial charge in [-0.3, -0.25) is 0 Å². The quantitative estimate of drug-likeness (QED) is 0.943. The van der Waals surface area contributed by atoms with Gasteiger partial charge in [0.1, 0.15) is 11.6 Å². The van der Waals surface area contributed by atoms with Gasteiger partial charge in [-0.1, -0.05) is 15.9 Å². The van der Waals surface area contributed by atoms with Crippen molar-refractivity contribution in [3.05, 3.63) is 46.6 Å². The molecule has 0 amide bonds. The van der Waals surface area contributed by atoms with E-state index in [1.807, 2.05) is 7.05 Å². The maximum absolute atomic E-state index is 13.7. The third kappa shape index (κ3) is 3.11. The van der Waals surface area contributed by atoms with Crippen LogP contribution in [-0.2, 0) is 6.42 Å². The van der Waals surface area contributed by atoms with Crippen LogP contribution >= 0.6 is 15.9 Å². The molecule has 0 unspecified atom stereocenters. The molecule has 0 aliphatic heterocycles. The molecule has 0 aliphatic rings. The molecule has 1 aromatic carbocycles. The Labute approximate surface area is 114 Å². The van der Waals surface area contributed by atoms with Gasteiger partial charge >= 0.3 is 0 Å². The average Bonchev–Trinajstić information content (AvgIpc) is 2.39. The van der Waals surface area contributed by atoms with E-state index in [9.17, 15) is 4.39 Å². The summed E-state index contributed by atoms with van der Waals surface area (Å²) in [6.45, 7) is 0.796. The maximum atomic E-state index is 13.7. The molecule has 3 nitrogen and oxygen atoms in total. The standard InChI is InChI=1S/C13H13BrFN3/c1-16-6-5-13-17-7-4-12(18-13)10-8-9(14)2-3-11(10)15/h2-4,7-8,16H,5-6H2,1H3. The second-order valence-corrected chi connectivity index (χ2v) is 4.75. The highest BCUT2D eigenvalue weighted by Gasteiger charge is 2.08. The van der Waals surface area contributed by atoms with Crippen LogP contribution in [0.2, 0.25) is 0 Å². The molecular weight excluding hydrogens is 297 g/mol. The van der Waals surface area contributed by atoms with Gasteiger partial charge in [0.2, 0.25) is 0 Å². The first-order valence-electron chi connectivity index (χ1n) is 5.62. The van der Waals surface area contributed by atoms with E-state index in [2.05, 4.69) is 31.2 Å². The zero-order valence-electron chi connectivity index (χ0n) is 9.95. The molecule has 1 aromatic heterocycles. The third-order valence-electron chi connectivity index (χ3n) is 2.51. The number of halogens is 2. The van der Waals surface area contributed by atoms with Crippen molar-refractivity contribution in [2.45, 2.75) is 6.42 Å². The van der Waals surface area contributed by atoms with Crippen LogP contribution in [0.1, 0.15) is 5.82 Å². The number of hydrogen-bond acceptors (Lipinski definition) is 3. The van der Waals surface area contributed by atoms with Gasteiger partial charge < -0.3 is 5.32 Å². The summed E-state index contributed by atoms with van der Waals surface area (Å²) in [5.41, 5.74) is 1.09. The van der Waals surface area contributed by atoms with Crippen LogP contribution in [0.15, 0.2) is 34.9 Å². The SMILES string of the molecule is CNCCc1nccc(-c2cc(Br)ccc2F)n1. The first-order chi connectivity index (χ1) is 8.70. The zero-order chi connectivity index (χ0) is 13.0. The van der Waals surface area contributed by atoms with Crippen LogP contribution in [-0.4, -0.2) is 23.6 Å². The molecule has 0 saturated carbocycles. The highest BCUT2D eigenvalue weighted by molar-refractivity contribution is 9.10. The number of aromatic nitrogens is 2. The predicted molar refractivity (Wildman–Crippen MR) is 72.8 cm³/mol. The fraction of sp³-hybridized carbons (Fsp3) is 0.231. The lowest BCUT2D eigenvalue weighted by Crippen LogP contribution is -2.12. The summed E-state index contributed by atoms with van der Waals surface area (Å²) < 4.78 is 14.6. The number of hydrogen-bond donors (Lipinski definition) is 1. The normalized spacial score (nSPS) is 10.6. The van der Waals surface area contributed by atoms with Crippen LogP contribution in [0.4, 0.5) is 4.39 Å². The third-order valence-corrected chi connectivity index (χ3v) is 3.00. The van der Waals surface area contributed by atoms with E-state index in [-0.39, 0.29) is 5.82 Å². The van der Waals surface area contributed by atoms with E-state index >= 15 is 0 Å². The Kier molecular flexibility index (Phi) is 4.38. The predicted octanol–water partition coefficient (Wildman–Crippen LogP) is 2.81.